The number of pyridine rings is 1. The van der Waals surface area contributed by atoms with E-state index < -0.39 is 0 Å². The molecule has 0 bridgehead atoms. The molecular formula is C18H19N3OS. The molecule has 2 heterocycles. The summed E-state index contributed by atoms with van der Waals surface area (Å²) in [7, 11) is 5.81. The van der Waals surface area contributed by atoms with Gasteiger partial charge in [-0.15, -0.1) is 11.3 Å². The number of aromatic nitrogens is 2. The van der Waals surface area contributed by atoms with Gasteiger partial charge in [0.1, 0.15) is 5.75 Å². The molecule has 3 rings (SSSR count). The average molecular weight is 325 g/mol. The second kappa shape index (κ2) is 6.89. The van der Waals surface area contributed by atoms with Gasteiger partial charge in [-0.1, -0.05) is 12.1 Å². The molecular weight excluding hydrogens is 306 g/mol. The number of hydrogen-bond donors (Lipinski definition) is 0. The smallest absolute Gasteiger partial charge is 0.123 e. The molecule has 4 nitrogen and oxygen atoms in total. The number of nitrogens with zero attached hydrogens (tertiary/aromatic N) is 3. The van der Waals surface area contributed by atoms with E-state index in [1.165, 1.54) is 5.56 Å². The van der Waals surface area contributed by atoms with Gasteiger partial charge in [0.25, 0.3) is 0 Å². The molecule has 0 aliphatic carbocycles. The zero-order valence-electron chi connectivity index (χ0n) is 13.5. The quantitative estimate of drug-likeness (QED) is 0.712. The lowest BCUT2D eigenvalue weighted by molar-refractivity contribution is 0.372. The molecule has 0 atom stereocenters. The summed E-state index contributed by atoms with van der Waals surface area (Å²) in [6.07, 6.45) is 1.90. The second-order valence-electron chi connectivity index (χ2n) is 5.57. The van der Waals surface area contributed by atoms with E-state index in [0.717, 1.165) is 34.8 Å². The molecule has 0 fully saturated rings. The van der Waals surface area contributed by atoms with Crippen molar-refractivity contribution in [3.8, 4) is 28.3 Å². The molecule has 2 aromatic heterocycles. The normalized spacial score (nSPS) is 11.0. The highest BCUT2D eigenvalue weighted by atomic mass is 32.1. The molecule has 0 unspecified atom stereocenters. The molecule has 0 aliphatic rings. The van der Waals surface area contributed by atoms with E-state index in [2.05, 4.69) is 47.2 Å². The molecule has 0 aliphatic heterocycles. The lowest BCUT2D eigenvalue weighted by atomic mass is 10.0. The Labute approximate surface area is 140 Å². The Balaban J connectivity index is 1.92. The zero-order chi connectivity index (χ0) is 16.2. The summed E-state index contributed by atoms with van der Waals surface area (Å²) >= 11 is 1.58. The molecule has 0 saturated heterocycles. The number of thiazole rings is 1. The topological polar surface area (TPSA) is 38.3 Å². The fourth-order valence-corrected chi connectivity index (χ4v) is 3.02. The molecule has 5 heteroatoms. The first-order valence-electron chi connectivity index (χ1n) is 7.34. The number of ether oxygens (including phenoxy) is 1. The first-order valence-corrected chi connectivity index (χ1v) is 8.28. The van der Waals surface area contributed by atoms with Gasteiger partial charge in [0.15, 0.2) is 0 Å². The number of methoxy groups -OCH3 is 1. The third-order valence-corrected chi connectivity index (χ3v) is 4.15. The van der Waals surface area contributed by atoms with E-state index in [1.807, 2.05) is 29.2 Å². The molecule has 0 radical (unpaired) electrons. The summed E-state index contributed by atoms with van der Waals surface area (Å²) < 4.78 is 5.46. The van der Waals surface area contributed by atoms with Crippen molar-refractivity contribution in [3.63, 3.8) is 0 Å². The highest BCUT2D eigenvalue weighted by molar-refractivity contribution is 7.07. The number of hydrogen-bond acceptors (Lipinski definition) is 5. The number of rotatable bonds is 5. The average Bonchev–Trinajstić information content (AvgIpc) is 3.09. The fourth-order valence-electron chi connectivity index (χ4n) is 2.48. The predicted molar refractivity (Wildman–Crippen MR) is 94.7 cm³/mol. The molecule has 0 N–H and O–H groups in total. The van der Waals surface area contributed by atoms with Crippen molar-refractivity contribution in [1.29, 1.82) is 0 Å². The van der Waals surface area contributed by atoms with Crippen LogP contribution < -0.4 is 4.74 Å². The van der Waals surface area contributed by atoms with E-state index in [0.29, 0.717) is 0 Å². The maximum atomic E-state index is 5.46. The van der Waals surface area contributed by atoms with E-state index >= 15 is 0 Å². The van der Waals surface area contributed by atoms with Gasteiger partial charge in [0, 0.05) is 29.2 Å². The van der Waals surface area contributed by atoms with Crippen LogP contribution in [0.1, 0.15) is 5.56 Å². The largest absolute Gasteiger partial charge is 0.496 e. The maximum Gasteiger partial charge on any atom is 0.123 e. The summed E-state index contributed by atoms with van der Waals surface area (Å²) in [6.45, 7) is 0.835. The van der Waals surface area contributed by atoms with Gasteiger partial charge in [-0.3, -0.25) is 4.98 Å². The standard InChI is InChI=1S/C18H19N3OS/c1-21(2)10-15-8-13(5-7-18(15)22-3)14-4-6-16(19-9-14)17-11-23-12-20-17/h4-9,11-12H,10H2,1-3H3. The van der Waals surface area contributed by atoms with Crippen LogP contribution in [0.5, 0.6) is 5.75 Å². The Morgan fingerprint density at radius 1 is 1.04 bits per heavy atom. The van der Waals surface area contributed by atoms with Crippen LogP contribution in [0.4, 0.5) is 0 Å². The Bertz CT molecular complexity index is 767. The molecule has 0 saturated carbocycles. The lowest BCUT2D eigenvalue weighted by Gasteiger charge is -2.15. The minimum Gasteiger partial charge on any atom is -0.496 e. The van der Waals surface area contributed by atoms with Crippen LogP contribution in [0.15, 0.2) is 47.4 Å². The van der Waals surface area contributed by atoms with Gasteiger partial charge in [-0.05, 0) is 37.9 Å². The van der Waals surface area contributed by atoms with E-state index in [1.54, 1.807) is 18.4 Å². The van der Waals surface area contributed by atoms with Crippen LogP contribution in [0.2, 0.25) is 0 Å². The van der Waals surface area contributed by atoms with Crippen molar-refractivity contribution in [1.82, 2.24) is 14.9 Å². The molecule has 1 aromatic carbocycles. The Morgan fingerprint density at radius 2 is 1.87 bits per heavy atom. The van der Waals surface area contributed by atoms with Crippen LogP contribution >= 0.6 is 11.3 Å². The van der Waals surface area contributed by atoms with Gasteiger partial charge < -0.3 is 9.64 Å². The monoisotopic (exact) mass is 325 g/mol. The third-order valence-electron chi connectivity index (χ3n) is 3.56. The molecule has 3 aromatic rings. The van der Waals surface area contributed by atoms with Crippen molar-refractivity contribution in [3.05, 3.63) is 53.0 Å². The summed E-state index contributed by atoms with van der Waals surface area (Å²) in [5, 5.41) is 2.00. The van der Waals surface area contributed by atoms with Crippen LogP contribution in [0, 0.1) is 0 Å². The van der Waals surface area contributed by atoms with Gasteiger partial charge in [-0.2, -0.15) is 0 Å². The lowest BCUT2D eigenvalue weighted by Crippen LogP contribution is -2.11. The highest BCUT2D eigenvalue weighted by Gasteiger charge is 2.08. The first-order chi connectivity index (χ1) is 11.2. The minimum absolute atomic E-state index is 0.835. The predicted octanol–water partition coefficient (Wildman–Crippen LogP) is 3.94. The van der Waals surface area contributed by atoms with Crippen molar-refractivity contribution in [2.75, 3.05) is 21.2 Å². The van der Waals surface area contributed by atoms with Gasteiger partial charge >= 0.3 is 0 Å². The van der Waals surface area contributed by atoms with Crippen molar-refractivity contribution < 1.29 is 4.74 Å². The molecule has 0 amide bonds. The SMILES string of the molecule is COc1ccc(-c2ccc(-c3cscn3)nc2)cc1CN(C)C. The first kappa shape index (κ1) is 15.6. The van der Waals surface area contributed by atoms with Crippen molar-refractivity contribution >= 4 is 11.3 Å². The van der Waals surface area contributed by atoms with E-state index in [9.17, 15) is 0 Å². The molecule has 0 spiro atoms. The zero-order valence-corrected chi connectivity index (χ0v) is 14.3. The second-order valence-corrected chi connectivity index (χ2v) is 6.29. The summed E-state index contributed by atoms with van der Waals surface area (Å²) in [5.41, 5.74) is 7.04. The summed E-state index contributed by atoms with van der Waals surface area (Å²) in [5.74, 6) is 0.912. The summed E-state index contributed by atoms with van der Waals surface area (Å²) in [4.78, 5) is 11.0. The van der Waals surface area contributed by atoms with E-state index in [4.69, 9.17) is 4.74 Å². The Kier molecular flexibility index (Phi) is 4.69. The van der Waals surface area contributed by atoms with E-state index in [-0.39, 0.29) is 0 Å². The molecule has 118 valence electrons. The third kappa shape index (κ3) is 3.57. The molecule has 23 heavy (non-hydrogen) atoms. The van der Waals surface area contributed by atoms with Gasteiger partial charge in [0.05, 0.1) is 24.0 Å². The van der Waals surface area contributed by atoms with Crippen LogP contribution in [0.25, 0.3) is 22.5 Å². The van der Waals surface area contributed by atoms with Gasteiger partial charge in [0.2, 0.25) is 0 Å². The Morgan fingerprint density at radius 3 is 2.48 bits per heavy atom. The summed E-state index contributed by atoms with van der Waals surface area (Å²) in [6, 6.07) is 10.3. The fraction of sp³-hybridized carbons (Fsp3) is 0.222. The van der Waals surface area contributed by atoms with Crippen LogP contribution in [0.3, 0.4) is 0 Å². The minimum atomic E-state index is 0.835. The van der Waals surface area contributed by atoms with Crippen molar-refractivity contribution in [2.24, 2.45) is 0 Å². The van der Waals surface area contributed by atoms with Gasteiger partial charge in [-0.25, -0.2) is 4.98 Å². The highest BCUT2D eigenvalue weighted by Crippen LogP contribution is 2.28. The number of benzene rings is 1. The van der Waals surface area contributed by atoms with Crippen molar-refractivity contribution in [2.45, 2.75) is 6.54 Å². The maximum absolute atomic E-state index is 5.46. The van der Waals surface area contributed by atoms with Crippen LogP contribution in [-0.4, -0.2) is 36.1 Å². The Hall–Kier alpha value is -2.24. The van der Waals surface area contributed by atoms with Crippen LogP contribution in [-0.2, 0) is 6.54 Å².